The van der Waals surface area contributed by atoms with Crippen molar-refractivity contribution >= 4 is 55.5 Å². The van der Waals surface area contributed by atoms with Crippen LogP contribution >= 0.6 is 11.8 Å². The van der Waals surface area contributed by atoms with Gasteiger partial charge in [-0.05, 0) is 5.75 Å². The number of aliphatic carboxylic acids is 1. The summed E-state index contributed by atoms with van der Waals surface area (Å²) >= 11 is 1.42. The van der Waals surface area contributed by atoms with Crippen LogP contribution in [-0.2, 0) is 4.79 Å². The molecule has 0 spiro atoms. The summed E-state index contributed by atoms with van der Waals surface area (Å²) in [7, 11) is 0. The van der Waals surface area contributed by atoms with Gasteiger partial charge < -0.3 is 5.11 Å². The molecule has 0 aromatic rings. The van der Waals surface area contributed by atoms with Crippen LogP contribution in [0.3, 0.4) is 0 Å². The van der Waals surface area contributed by atoms with Gasteiger partial charge in [-0.3, -0.25) is 4.79 Å². The Kier molecular flexibility index (Phi) is 11.9. The van der Waals surface area contributed by atoms with Crippen LogP contribution in [0.15, 0.2) is 0 Å². The molecular weight excluding hydrogens is 152 g/mol. The van der Waals surface area contributed by atoms with Crippen molar-refractivity contribution in [1.29, 1.82) is 0 Å². The van der Waals surface area contributed by atoms with Crippen LogP contribution in [0.25, 0.3) is 0 Å². The first-order valence-electron chi connectivity index (χ1n) is 2.07. The monoisotopic (exact) mass is 162 g/mol. The third-order valence-electron chi connectivity index (χ3n) is 0.430. The van der Waals surface area contributed by atoms with Crippen LogP contribution in [0.2, 0.25) is 0 Å². The van der Waals surface area contributed by atoms with Gasteiger partial charge in [-0.1, -0.05) is 6.92 Å². The average Bonchev–Trinajstić information content (AvgIpc) is 1.61. The van der Waals surface area contributed by atoms with Gasteiger partial charge in [-0.25, -0.2) is 0 Å². The van der Waals surface area contributed by atoms with E-state index in [1.807, 2.05) is 6.92 Å². The second kappa shape index (κ2) is 8.08. The van der Waals surface area contributed by atoms with E-state index in [2.05, 4.69) is 0 Å². The summed E-state index contributed by atoms with van der Waals surface area (Å²) in [5.41, 5.74) is 0. The van der Waals surface area contributed by atoms with Gasteiger partial charge in [0, 0.05) is 0 Å². The number of rotatable bonds is 3. The molecule has 46 valence electrons. The molecule has 0 rings (SSSR count). The van der Waals surface area contributed by atoms with Crippen LogP contribution in [0.5, 0.6) is 0 Å². The van der Waals surface area contributed by atoms with Gasteiger partial charge in [0.2, 0.25) is 0 Å². The fourth-order valence-electron chi connectivity index (χ4n) is 0.189. The van der Waals surface area contributed by atoms with Gasteiger partial charge in [-0.15, -0.1) is 0 Å². The summed E-state index contributed by atoms with van der Waals surface area (Å²) in [6, 6.07) is 0. The van der Waals surface area contributed by atoms with E-state index in [9.17, 15) is 4.79 Å². The molecule has 0 saturated carbocycles. The van der Waals surface area contributed by atoms with E-state index >= 15 is 0 Å². The van der Waals surface area contributed by atoms with E-state index in [0.717, 1.165) is 5.75 Å². The van der Waals surface area contributed by atoms with E-state index in [1.54, 1.807) is 0 Å². The van der Waals surface area contributed by atoms with E-state index in [1.165, 1.54) is 11.8 Å². The Labute approximate surface area is 83.0 Å². The molecule has 0 fully saturated rings. The first-order chi connectivity index (χ1) is 3.27. The van der Waals surface area contributed by atoms with Gasteiger partial charge in [0.25, 0.3) is 0 Å². The van der Waals surface area contributed by atoms with Crippen LogP contribution in [0.4, 0.5) is 0 Å². The number of hydrogen-bond acceptors (Lipinski definition) is 2. The molecule has 0 aliphatic heterocycles. The van der Waals surface area contributed by atoms with Gasteiger partial charge in [0.05, 0.1) is 5.75 Å². The van der Waals surface area contributed by atoms with Gasteiger partial charge in [0.1, 0.15) is 0 Å². The van der Waals surface area contributed by atoms with E-state index < -0.39 is 5.97 Å². The van der Waals surface area contributed by atoms with Crippen molar-refractivity contribution in [2.45, 2.75) is 6.92 Å². The van der Waals surface area contributed by atoms with E-state index in [0.29, 0.717) is 0 Å². The topological polar surface area (TPSA) is 37.3 Å². The molecule has 0 aliphatic rings. The summed E-state index contributed by atoms with van der Waals surface area (Å²) in [5.74, 6) is 0.384. The Morgan fingerprint density at radius 3 is 2.38 bits per heavy atom. The van der Waals surface area contributed by atoms with Gasteiger partial charge >= 0.3 is 43.7 Å². The van der Waals surface area contributed by atoms with Gasteiger partial charge in [-0.2, -0.15) is 11.8 Å². The summed E-state index contributed by atoms with van der Waals surface area (Å²) in [4.78, 5) is 9.74. The Balaban J connectivity index is 0. The molecule has 0 saturated heterocycles. The third kappa shape index (κ3) is 10.1. The van der Waals surface area contributed by atoms with Crippen molar-refractivity contribution in [3.63, 3.8) is 0 Å². The maximum atomic E-state index is 9.74. The molecule has 0 aromatic carbocycles. The summed E-state index contributed by atoms with van der Waals surface area (Å²) in [5, 5.41) is 8.02. The van der Waals surface area contributed by atoms with Crippen molar-refractivity contribution in [2.75, 3.05) is 11.5 Å². The third-order valence-corrected chi connectivity index (χ3v) is 1.29. The number of thioether (sulfide) groups is 1. The summed E-state index contributed by atoms with van der Waals surface area (Å²) in [6.45, 7) is 1.94. The Morgan fingerprint density at radius 1 is 1.75 bits per heavy atom. The molecule has 0 heterocycles. The van der Waals surface area contributed by atoms with Crippen LogP contribution in [-0.4, -0.2) is 60.3 Å². The van der Waals surface area contributed by atoms with E-state index in [-0.39, 0.29) is 43.5 Å². The molecule has 0 aromatic heterocycles. The second-order valence-electron chi connectivity index (χ2n) is 1.03. The van der Waals surface area contributed by atoms with Crippen LogP contribution in [0.1, 0.15) is 6.92 Å². The second-order valence-corrected chi connectivity index (χ2v) is 2.31. The molecule has 0 amide bonds. The molecule has 0 radical (unpaired) electrons. The predicted octanol–water partition coefficient (Wildman–Crippen LogP) is -0.0921. The molecule has 8 heavy (non-hydrogen) atoms. The number of carbonyl (C=O) groups is 1. The van der Waals surface area contributed by atoms with E-state index in [4.69, 9.17) is 5.11 Å². The van der Waals surface area contributed by atoms with Crippen LogP contribution < -0.4 is 0 Å². The average molecular weight is 162 g/mol. The zero-order chi connectivity index (χ0) is 5.70. The minimum atomic E-state index is -0.730. The van der Waals surface area contributed by atoms with Crippen molar-refractivity contribution in [3.8, 4) is 0 Å². The van der Waals surface area contributed by atoms with Crippen molar-refractivity contribution in [1.82, 2.24) is 0 Å². The molecule has 4 heteroatoms. The van der Waals surface area contributed by atoms with Gasteiger partial charge in [0.15, 0.2) is 0 Å². The van der Waals surface area contributed by atoms with Crippen molar-refractivity contribution in [3.05, 3.63) is 0 Å². The zero-order valence-electron chi connectivity index (χ0n) is 4.18. The molecule has 0 bridgehead atoms. The minimum absolute atomic E-state index is 0. The first-order valence-corrected chi connectivity index (χ1v) is 3.22. The fraction of sp³-hybridized carbons (Fsp3) is 0.750. The quantitative estimate of drug-likeness (QED) is 0.589. The number of hydrogen-bond donors (Lipinski definition) is 1. The molecule has 1 N–H and O–H groups in total. The Morgan fingerprint density at radius 2 is 2.25 bits per heavy atom. The Bertz CT molecular complexity index is 67.1. The standard InChI is InChI=1S/C4H8O2S.Ca.2H/c1-2-7-3-4(5)6;;;/h2-3H2,1H3,(H,5,6);;;. The predicted molar refractivity (Wildman–Crippen MR) is 39.2 cm³/mol. The summed E-state index contributed by atoms with van der Waals surface area (Å²) in [6.07, 6.45) is 0. The molecule has 2 nitrogen and oxygen atoms in total. The number of carboxylic acids is 1. The molecule has 0 unspecified atom stereocenters. The van der Waals surface area contributed by atoms with Crippen molar-refractivity contribution < 1.29 is 9.90 Å². The number of carboxylic acid groups (broad SMARTS) is 1. The zero-order valence-corrected chi connectivity index (χ0v) is 4.99. The summed E-state index contributed by atoms with van der Waals surface area (Å²) < 4.78 is 0. The molecule has 0 atom stereocenters. The maximum absolute atomic E-state index is 9.74. The molecule has 0 aliphatic carbocycles. The van der Waals surface area contributed by atoms with Crippen molar-refractivity contribution in [2.24, 2.45) is 0 Å². The first kappa shape index (κ1) is 11.8. The normalized spacial score (nSPS) is 7.62. The molecular formula is C4H10CaO2S. The SMILES string of the molecule is CCSCC(=O)O.[CaH2]. The fourth-order valence-corrected chi connectivity index (χ4v) is 0.568. The Hall–Kier alpha value is 1.08. The van der Waals surface area contributed by atoms with Crippen LogP contribution in [0, 0.1) is 0 Å².